The van der Waals surface area contributed by atoms with Gasteiger partial charge in [0.2, 0.25) is 0 Å². The molecule has 0 aliphatic carbocycles. The van der Waals surface area contributed by atoms with E-state index in [4.69, 9.17) is 0 Å². The summed E-state index contributed by atoms with van der Waals surface area (Å²) in [5.74, 6) is -0.0519. The van der Waals surface area contributed by atoms with Crippen LogP contribution in [0.5, 0.6) is 0 Å². The molecule has 1 amide bonds. The van der Waals surface area contributed by atoms with Gasteiger partial charge in [-0.2, -0.15) is 0 Å². The van der Waals surface area contributed by atoms with Crippen molar-refractivity contribution in [2.24, 2.45) is 0 Å². The summed E-state index contributed by atoms with van der Waals surface area (Å²) in [4.78, 5) is 13.1. The monoisotopic (exact) mass is 299 g/mol. The molecule has 2 rings (SSSR count). The Morgan fingerprint density at radius 1 is 1.10 bits per heavy atom. The fourth-order valence-electron chi connectivity index (χ4n) is 2.19. The highest BCUT2D eigenvalue weighted by molar-refractivity contribution is 7.80. The average Bonchev–Trinajstić information content (AvgIpc) is 2.46. The maximum absolute atomic E-state index is 12.3. The van der Waals surface area contributed by atoms with Crippen molar-refractivity contribution in [2.45, 2.75) is 37.1 Å². The molecule has 0 spiro atoms. The van der Waals surface area contributed by atoms with Gasteiger partial charge in [-0.25, -0.2) is 0 Å². The number of carbonyl (C=O) groups excluding carboxylic acids is 1. The molecule has 0 saturated heterocycles. The summed E-state index contributed by atoms with van der Waals surface area (Å²) in [6.45, 7) is 4.11. The van der Waals surface area contributed by atoms with Gasteiger partial charge in [-0.1, -0.05) is 36.4 Å². The van der Waals surface area contributed by atoms with Crippen LogP contribution in [-0.4, -0.2) is 11.4 Å². The molecule has 0 saturated carbocycles. The minimum absolute atomic E-state index is 0.0519. The van der Waals surface area contributed by atoms with Crippen molar-refractivity contribution < 1.29 is 4.79 Å². The molecule has 0 bridgehead atoms. The van der Waals surface area contributed by atoms with Gasteiger partial charge in [-0.05, 0) is 50.5 Å². The minimum atomic E-state index is -0.250. The second-order valence-corrected chi connectivity index (χ2v) is 6.39. The van der Waals surface area contributed by atoms with E-state index in [0.717, 1.165) is 17.7 Å². The Morgan fingerprint density at radius 3 is 2.48 bits per heavy atom. The van der Waals surface area contributed by atoms with E-state index in [0.29, 0.717) is 5.56 Å². The van der Waals surface area contributed by atoms with Gasteiger partial charge in [0.1, 0.15) is 0 Å². The van der Waals surface area contributed by atoms with Crippen molar-refractivity contribution in [3.8, 4) is 0 Å². The molecule has 0 atom stereocenters. The van der Waals surface area contributed by atoms with E-state index < -0.39 is 0 Å². The van der Waals surface area contributed by atoms with Crippen LogP contribution in [-0.2, 0) is 6.42 Å². The lowest BCUT2D eigenvalue weighted by Gasteiger charge is -2.26. The second-order valence-electron chi connectivity index (χ2n) is 5.87. The van der Waals surface area contributed by atoms with Gasteiger partial charge in [0, 0.05) is 16.0 Å². The van der Waals surface area contributed by atoms with Crippen molar-refractivity contribution in [2.75, 3.05) is 0 Å². The summed E-state index contributed by atoms with van der Waals surface area (Å²) in [5.41, 5.74) is 1.69. The van der Waals surface area contributed by atoms with Gasteiger partial charge < -0.3 is 5.32 Å². The number of nitrogens with one attached hydrogen (secondary N) is 1. The summed E-state index contributed by atoms with van der Waals surface area (Å²) in [7, 11) is 0. The number of thiol groups is 1. The van der Waals surface area contributed by atoms with Crippen LogP contribution in [0.4, 0.5) is 0 Å². The largest absolute Gasteiger partial charge is 0.347 e. The molecule has 110 valence electrons. The molecule has 3 heteroatoms. The SMILES string of the molecule is CC(C)(CCc1ccccc1)NC(=O)c1cccc(S)c1. The Kier molecular flexibility index (Phi) is 5.07. The molecule has 0 heterocycles. The van der Waals surface area contributed by atoms with Gasteiger partial charge >= 0.3 is 0 Å². The third kappa shape index (κ3) is 4.94. The van der Waals surface area contributed by atoms with Crippen molar-refractivity contribution in [1.82, 2.24) is 5.32 Å². The van der Waals surface area contributed by atoms with Crippen molar-refractivity contribution in [3.05, 3.63) is 65.7 Å². The van der Waals surface area contributed by atoms with E-state index in [1.165, 1.54) is 5.56 Å². The zero-order chi connectivity index (χ0) is 15.3. The van der Waals surface area contributed by atoms with E-state index >= 15 is 0 Å². The predicted molar refractivity (Wildman–Crippen MR) is 90.0 cm³/mol. The summed E-state index contributed by atoms with van der Waals surface area (Å²) in [6.07, 6.45) is 1.84. The number of rotatable bonds is 5. The van der Waals surface area contributed by atoms with Crippen LogP contribution in [0, 0.1) is 0 Å². The van der Waals surface area contributed by atoms with Crippen molar-refractivity contribution in [3.63, 3.8) is 0 Å². The fourth-order valence-corrected chi connectivity index (χ4v) is 2.42. The molecule has 2 aromatic rings. The number of amides is 1. The number of hydrogen-bond acceptors (Lipinski definition) is 2. The molecular formula is C18H21NOS. The van der Waals surface area contributed by atoms with Crippen LogP contribution in [0.25, 0.3) is 0 Å². The van der Waals surface area contributed by atoms with E-state index in [2.05, 4.69) is 43.9 Å². The lowest BCUT2D eigenvalue weighted by atomic mass is 9.95. The van der Waals surface area contributed by atoms with Gasteiger partial charge in [0.05, 0.1) is 0 Å². The van der Waals surface area contributed by atoms with E-state index in [-0.39, 0.29) is 11.4 Å². The van der Waals surface area contributed by atoms with Crippen LogP contribution < -0.4 is 5.32 Å². The highest BCUT2D eigenvalue weighted by Gasteiger charge is 2.21. The zero-order valence-electron chi connectivity index (χ0n) is 12.5. The lowest BCUT2D eigenvalue weighted by molar-refractivity contribution is 0.0909. The first-order valence-corrected chi connectivity index (χ1v) is 7.56. The van der Waals surface area contributed by atoms with Crippen LogP contribution in [0.1, 0.15) is 36.2 Å². The smallest absolute Gasteiger partial charge is 0.251 e. The standard InChI is InChI=1S/C18H21NOS/c1-18(2,12-11-14-7-4-3-5-8-14)19-17(20)15-9-6-10-16(21)13-15/h3-10,13,21H,11-12H2,1-2H3,(H,19,20). The molecule has 1 N–H and O–H groups in total. The Bertz CT molecular complexity index is 608. The molecule has 2 aromatic carbocycles. The second kappa shape index (κ2) is 6.81. The third-order valence-corrected chi connectivity index (χ3v) is 3.72. The number of hydrogen-bond donors (Lipinski definition) is 2. The van der Waals surface area contributed by atoms with E-state index in [1.807, 2.05) is 36.4 Å². The Labute approximate surface area is 132 Å². The van der Waals surface area contributed by atoms with Crippen molar-refractivity contribution in [1.29, 1.82) is 0 Å². The molecule has 2 nitrogen and oxygen atoms in total. The molecular weight excluding hydrogens is 278 g/mol. The van der Waals surface area contributed by atoms with Crippen LogP contribution in [0.2, 0.25) is 0 Å². The Morgan fingerprint density at radius 2 is 1.81 bits per heavy atom. The molecule has 0 fully saturated rings. The third-order valence-electron chi connectivity index (χ3n) is 3.44. The minimum Gasteiger partial charge on any atom is -0.347 e. The molecule has 0 radical (unpaired) electrons. The highest BCUT2D eigenvalue weighted by Crippen LogP contribution is 2.15. The molecule has 0 aliphatic rings. The van der Waals surface area contributed by atoms with E-state index in [1.54, 1.807) is 6.07 Å². The highest BCUT2D eigenvalue weighted by atomic mass is 32.1. The summed E-state index contributed by atoms with van der Waals surface area (Å²) in [5, 5.41) is 3.10. The van der Waals surface area contributed by atoms with Crippen LogP contribution in [0.15, 0.2) is 59.5 Å². The van der Waals surface area contributed by atoms with E-state index in [9.17, 15) is 4.79 Å². The first-order valence-electron chi connectivity index (χ1n) is 7.12. The molecule has 0 aromatic heterocycles. The van der Waals surface area contributed by atoms with Gasteiger partial charge in [0.15, 0.2) is 0 Å². The molecule has 0 unspecified atom stereocenters. The van der Waals surface area contributed by atoms with Gasteiger partial charge in [0.25, 0.3) is 5.91 Å². The maximum atomic E-state index is 12.3. The van der Waals surface area contributed by atoms with Crippen LogP contribution >= 0.6 is 12.6 Å². The quantitative estimate of drug-likeness (QED) is 0.799. The summed E-state index contributed by atoms with van der Waals surface area (Å²) < 4.78 is 0. The first-order chi connectivity index (χ1) is 9.96. The predicted octanol–water partition coefficient (Wildman–Crippen LogP) is 4.12. The topological polar surface area (TPSA) is 29.1 Å². The number of benzene rings is 2. The average molecular weight is 299 g/mol. The fraction of sp³-hybridized carbons (Fsp3) is 0.278. The molecule has 21 heavy (non-hydrogen) atoms. The van der Waals surface area contributed by atoms with Crippen LogP contribution in [0.3, 0.4) is 0 Å². The number of aryl methyl sites for hydroxylation is 1. The Balaban J connectivity index is 1.95. The van der Waals surface area contributed by atoms with Crippen molar-refractivity contribution >= 4 is 18.5 Å². The normalized spacial score (nSPS) is 11.2. The summed E-state index contributed by atoms with van der Waals surface area (Å²) >= 11 is 4.27. The molecule has 0 aliphatic heterocycles. The Hall–Kier alpha value is -1.74. The zero-order valence-corrected chi connectivity index (χ0v) is 13.4. The number of carbonyl (C=O) groups is 1. The van der Waals surface area contributed by atoms with Gasteiger partial charge in [-0.3, -0.25) is 4.79 Å². The summed E-state index contributed by atoms with van der Waals surface area (Å²) in [6, 6.07) is 17.6. The lowest BCUT2D eigenvalue weighted by Crippen LogP contribution is -2.43. The van der Waals surface area contributed by atoms with Gasteiger partial charge in [-0.15, -0.1) is 12.6 Å². The maximum Gasteiger partial charge on any atom is 0.251 e. The first kappa shape index (κ1) is 15.6.